The Hall–Kier alpha value is -0.188. The first kappa shape index (κ1) is 15.3. The van der Waals surface area contributed by atoms with E-state index in [9.17, 15) is 4.57 Å². The Labute approximate surface area is 91.0 Å². The third-order valence-corrected chi connectivity index (χ3v) is 1.75. The van der Waals surface area contributed by atoms with Gasteiger partial charge in [0.15, 0.2) is 23.5 Å². The van der Waals surface area contributed by atoms with Crippen LogP contribution in [0.4, 0.5) is 0 Å². The molecule has 1 N–H and O–H groups in total. The van der Waals surface area contributed by atoms with E-state index in [1.807, 2.05) is 18.2 Å². The Morgan fingerprint density at radius 2 is 1.69 bits per heavy atom. The van der Waals surface area contributed by atoms with Crippen LogP contribution in [0.5, 0.6) is 0 Å². The van der Waals surface area contributed by atoms with Gasteiger partial charge in [-0.1, -0.05) is 35.9 Å². The lowest BCUT2D eigenvalue weighted by atomic mass is 10.2. The van der Waals surface area contributed by atoms with Gasteiger partial charge in [-0.15, -0.1) is 0 Å². The highest BCUT2D eigenvalue weighted by atomic mass is 31.1. The fourth-order valence-corrected chi connectivity index (χ4v) is 0.534. The molecule has 13 heavy (non-hydrogen) atoms. The summed E-state index contributed by atoms with van der Waals surface area (Å²) in [5.41, 5.74) is 1.32. The molecule has 1 unspecified atom stereocenters. The number of aryl methyl sites for hydroxylation is 1. The van der Waals surface area contributed by atoms with Crippen molar-refractivity contribution in [1.82, 2.24) is 0 Å². The molecule has 0 aliphatic rings. The Bertz CT molecular complexity index is 226. The van der Waals surface area contributed by atoms with Gasteiger partial charge in [0.2, 0.25) is 0 Å². The minimum absolute atomic E-state index is 0. The van der Waals surface area contributed by atoms with Crippen molar-refractivity contribution in [2.75, 3.05) is 6.16 Å². The van der Waals surface area contributed by atoms with Crippen LogP contribution in [0.1, 0.15) is 12.5 Å². The van der Waals surface area contributed by atoms with Crippen LogP contribution >= 0.6 is 8.03 Å². The monoisotopic (exact) mass is 215 g/mol. The molecule has 0 saturated carbocycles. The van der Waals surface area contributed by atoms with E-state index in [2.05, 4.69) is 19.1 Å². The van der Waals surface area contributed by atoms with E-state index < -0.39 is 8.03 Å². The number of rotatable bonds is 1. The van der Waals surface area contributed by atoms with Crippen molar-refractivity contribution in [3.63, 3.8) is 0 Å². The zero-order chi connectivity index (χ0) is 9.40. The van der Waals surface area contributed by atoms with E-state index in [1.54, 1.807) is 6.92 Å². The summed E-state index contributed by atoms with van der Waals surface area (Å²) < 4.78 is 9.52. The first-order valence-electron chi connectivity index (χ1n) is 3.82. The van der Waals surface area contributed by atoms with Crippen molar-refractivity contribution in [2.24, 2.45) is 0 Å². The summed E-state index contributed by atoms with van der Waals surface area (Å²) in [4.78, 5) is 7.87. The highest BCUT2D eigenvalue weighted by Crippen LogP contribution is 2.08. The standard InChI is InChI=1S/C7H8.C2H5O2P.Al.3H/c1-7-5-3-2-4-6-7;1-2-5(3)4;;;;/h2-6H,1H3;2H2,1H3;;;;/p+1. The van der Waals surface area contributed by atoms with Crippen LogP contribution in [-0.2, 0) is 4.57 Å². The fraction of sp³-hybridized carbons (Fsp3) is 0.333. The summed E-state index contributed by atoms with van der Waals surface area (Å²) in [6, 6.07) is 10.3. The highest BCUT2D eigenvalue weighted by molar-refractivity contribution is 7.37. The molecule has 0 spiro atoms. The minimum Gasteiger partial charge on any atom is -0.161 e. The normalized spacial score (nSPS) is 9.00. The molecule has 0 saturated heterocycles. The summed E-state index contributed by atoms with van der Waals surface area (Å²) in [6.07, 6.45) is 0.370. The third kappa shape index (κ3) is 11.8. The van der Waals surface area contributed by atoms with Crippen molar-refractivity contribution < 1.29 is 9.46 Å². The van der Waals surface area contributed by atoms with E-state index in [0.717, 1.165) is 0 Å². The largest absolute Gasteiger partial charge is 0.505 e. The molecule has 0 aliphatic carbocycles. The van der Waals surface area contributed by atoms with Gasteiger partial charge >= 0.3 is 8.03 Å². The van der Waals surface area contributed by atoms with Crippen molar-refractivity contribution >= 4 is 25.4 Å². The summed E-state index contributed by atoms with van der Waals surface area (Å²) >= 11 is 0. The Balaban J connectivity index is 0. The molecule has 1 rings (SSSR count). The molecule has 1 aromatic rings. The molecule has 0 aliphatic heterocycles. The lowest BCUT2D eigenvalue weighted by Gasteiger charge is -1.82. The van der Waals surface area contributed by atoms with Crippen LogP contribution in [-0.4, -0.2) is 28.4 Å². The van der Waals surface area contributed by atoms with Crippen LogP contribution < -0.4 is 0 Å². The van der Waals surface area contributed by atoms with Gasteiger partial charge in [-0.05, 0) is 18.4 Å². The molecule has 0 fully saturated rings. The summed E-state index contributed by atoms with van der Waals surface area (Å²) in [5.74, 6) is 0. The van der Waals surface area contributed by atoms with Gasteiger partial charge in [0.25, 0.3) is 0 Å². The third-order valence-electron chi connectivity index (χ3n) is 1.21. The molecule has 2 nitrogen and oxygen atoms in total. The van der Waals surface area contributed by atoms with Crippen LogP contribution in [0.2, 0.25) is 0 Å². The smallest absolute Gasteiger partial charge is 0.161 e. The Kier molecular flexibility index (Phi) is 11.6. The Morgan fingerprint density at radius 3 is 1.85 bits per heavy atom. The average Bonchev–Trinajstić information content (AvgIpc) is 2.07. The molecule has 72 valence electrons. The van der Waals surface area contributed by atoms with Gasteiger partial charge in [0, 0.05) is 0 Å². The molecule has 0 heterocycles. The van der Waals surface area contributed by atoms with Crippen molar-refractivity contribution in [1.29, 1.82) is 0 Å². The van der Waals surface area contributed by atoms with E-state index >= 15 is 0 Å². The van der Waals surface area contributed by atoms with Crippen LogP contribution in [0, 0.1) is 6.92 Å². The maximum Gasteiger partial charge on any atom is 0.505 e. The molecule has 1 atom stereocenters. The van der Waals surface area contributed by atoms with Gasteiger partial charge in [0.1, 0.15) is 0 Å². The maximum atomic E-state index is 9.52. The molecule has 0 aromatic heterocycles. The van der Waals surface area contributed by atoms with Gasteiger partial charge in [-0.25, -0.2) is 0 Å². The summed E-state index contributed by atoms with van der Waals surface area (Å²) in [5, 5.41) is 0. The second-order valence-electron chi connectivity index (χ2n) is 2.32. The fourth-order valence-electron chi connectivity index (χ4n) is 0.534. The second kappa shape index (κ2) is 9.90. The van der Waals surface area contributed by atoms with Crippen molar-refractivity contribution in [2.45, 2.75) is 13.8 Å². The highest BCUT2D eigenvalue weighted by Gasteiger charge is 1.98. The molecule has 1 aromatic carbocycles. The van der Waals surface area contributed by atoms with E-state index in [-0.39, 0.29) is 17.4 Å². The molecular formula is C9H17AlO2P+. The lowest BCUT2D eigenvalue weighted by molar-refractivity contribution is 0.504. The van der Waals surface area contributed by atoms with E-state index in [0.29, 0.717) is 6.16 Å². The summed E-state index contributed by atoms with van der Waals surface area (Å²) in [6.45, 7) is 3.75. The molecule has 0 bridgehead atoms. The van der Waals surface area contributed by atoms with Crippen molar-refractivity contribution in [3.05, 3.63) is 35.9 Å². The molecular weight excluding hydrogens is 198 g/mol. The van der Waals surface area contributed by atoms with Gasteiger partial charge in [-0.3, -0.25) is 0 Å². The Morgan fingerprint density at radius 1 is 1.31 bits per heavy atom. The molecule has 4 heteroatoms. The predicted molar refractivity (Wildman–Crippen MR) is 61.5 cm³/mol. The SMILES string of the molecule is CC[P+](=O)O.Cc1ccccc1.[AlH3]. The maximum absolute atomic E-state index is 9.52. The van der Waals surface area contributed by atoms with Crippen LogP contribution in [0.3, 0.4) is 0 Å². The molecule has 0 radical (unpaired) electrons. The number of hydrogen-bond donors (Lipinski definition) is 1. The zero-order valence-corrected chi connectivity index (χ0v) is 8.29. The topological polar surface area (TPSA) is 37.3 Å². The first-order valence-corrected chi connectivity index (χ1v) is 5.21. The molecule has 0 amide bonds. The van der Waals surface area contributed by atoms with Crippen molar-refractivity contribution in [3.8, 4) is 0 Å². The number of hydrogen-bond acceptors (Lipinski definition) is 1. The quantitative estimate of drug-likeness (QED) is 0.570. The lowest BCUT2D eigenvalue weighted by Crippen LogP contribution is -1.62. The zero-order valence-electron chi connectivity index (χ0n) is 7.40. The van der Waals surface area contributed by atoms with Crippen LogP contribution in [0.25, 0.3) is 0 Å². The van der Waals surface area contributed by atoms with E-state index in [1.165, 1.54) is 5.56 Å². The van der Waals surface area contributed by atoms with E-state index in [4.69, 9.17) is 4.89 Å². The average molecular weight is 215 g/mol. The van der Waals surface area contributed by atoms with Gasteiger partial charge in [0.05, 0.1) is 0 Å². The second-order valence-corrected chi connectivity index (χ2v) is 3.66. The first-order chi connectivity index (χ1) is 5.66. The van der Waals surface area contributed by atoms with Gasteiger partial charge < -0.3 is 0 Å². The van der Waals surface area contributed by atoms with Gasteiger partial charge in [-0.2, -0.15) is 4.89 Å². The summed E-state index contributed by atoms with van der Waals surface area (Å²) in [7, 11) is -1.85. The van der Waals surface area contributed by atoms with Crippen LogP contribution in [0.15, 0.2) is 30.3 Å². The minimum atomic E-state index is -1.85. The predicted octanol–water partition coefficient (Wildman–Crippen LogP) is 1.55. The number of benzene rings is 1.